The number of fused-ring (bicyclic) bond motifs is 1. The number of nitrogen functional groups attached to an aromatic ring is 1. The summed E-state index contributed by atoms with van der Waals surface area (Å²) < 4.78 is 26.8. The molecule has 1 aromatic carbocycles. The van der Waals surface area contributed by atoms with E-state index in [9.17, 15) is 27.9 Å². The summed E-state index contributed by atoms with van der Waals surface area (Å²) in [6, 6.07) is 4.64. The van der Waals surface area contributed by atoms with E-state index in [1.165, 1.54) is 43.0 Å². The number of oxime groups is 1. The quantitative estimate of drug-likeness (QED) is 0.211. The lowest BCUT2D eigenvalue weighted by Crippen LogP contribution is -2.62. The van der Waals surface area contributed by atoms with Crippen molar-refractivity contribution in [2.24, 2.45) is 11.1 Å². The number of nitrogens with one attached hydrogen (secondary N) is 1. The van der Waals surface area contributed by atoms with Crippen molar-refractivity contribution in [3.05, 3.63) is 51.7 Å². The highest BCUT2D eigenvalue weighted by molar-refractivity contribution is 8.00. The number of carboxylic acid groups (broad SMARTS) is 1. The van der Waals surface area contributed by atoms with Crippen molar-refractivity contribution < 1.29 is 32.7 Å². The van der Waals surface area contributed by atoms with Gasteiger partial charge in [-0.1, -0.05) is 11.2 Å². The summed E-state index contributed by atoms with van der Waals surface area (Å²) in [7, 11) is -1.09. The first-order chi connectivity index (χ1) is 18.0. The number of aromatic nitrogens is 1. The van der Waals surface area contributed by atoms with Gasteiger partial charge in [-0.25, -0.2) is 22.9 Å². The second-order valence-electron chi connectivity index (χ2n) is 8.57. The number of carboxylic acids is 1. The van der Waals surface area contributed by atoms with Gasteiger partial charge in [0.25, 0.3) is 0 Å². The number of rotatable bonds is 10. The second-order valence-corrected chi connectivity index (χ2v) is 12.4. The van der Waals surface area contributed by atoms with E-state index in [1.54, 1.807) is 18.4 Å². The number of aryl methyl sites for hydroxylation is 1. The van der Waals surface area contributed by atoms with Crippen molar-refractivity contribution in [3.8, 4) is 0 Å². The summed E-state index contributed by atoms with van der Waals surface area (Å²) >= 11 is 2.49. The van der Waals surface area contributed by atoms with Crippen molar-refractivity contribution in [1.29, 1.82) is 0 Å². The van der Waals surface area contributed by atoms with E-state index in [1.807, 2.05) is 0 Å². The van der Waals surface area contributed by atoms with Crippen molar-refractivity contribution in [3.63, 3.8) is 0 Å². The Morgan fingerprint density at radius 3 is 2.71 bits per heavy atom. The first kappa shape index (κ1) is 27.8. The molecule has 38 heavy (non-hydrogen) atoms. The minimum Gasteiger partial charge on any atom is -0.477 e. The van der Waals surface area contributed by atoms with E-state index < -0.39 is 39.0 Å². The first-order valence-corrected chi connectivity index (χ1v) is 14.7. The monoisotopic (exact) mass is 579 g/mol. The Kier molecular flexibility index (Phi) is 7.92. The molecule has 1 fully saturated rings. The number of nitrogens with zero attached hydrogens (tertiary/aromatic N) is 3. The molecule has 0 radical (unpaired) electrons. The molecule has 12 nitrogen and oxygen atoms in total. The summed E-state index contributed by atoms with van der Waals surface area (Å²) in [5, 5.41) is 15.0. The number of amides is 1. The molecule has 1 aromatic heterocycles. The maximum Gasteiger partial charge on any atom is 0.352 e. The van der Waals surface area contributed by atoms with Crippen LogP contribution in [0.5, 0.6) is 0 Å². The molecule has 4 N–H and O–H groups in total. The molecule has 2 atom stereocenters. The van der Waals surface area contributed by atoms with Crippen LogP contribution < -0.4 is 10.5 Å². The van der Waals surface area contributed by atoms with E-state index in [0.717, 1.165) is 16.9 Å². The average molecular weight is 580 g/mol. The number of anilines is 1. The summed E-state index contributed by atoms with van der Waals surface area (Å²) in [5.74, 6) is -2.67. The molecule has 202 valence electrons. The van der Waals surface area contributed by atoms with Crippen LogP contribution >= 0.6 is 23.1 Å². The molecule has 4 rings (SSSR count). The Hall–Kier alpha value is -3.27. The van der Waals surface area contributed by atoms with Gasteiger partial charge in [-0.15, -0.1) is 23.1 Å². The molecule has 2 aliphatic rings. The van der Waals surface area contributed by atoms with Gasteiger partial charge in [0.05, 0.1) is 16.2 Å². The van der Waals surface area contributed by atoms with Crippen molar-refractivity contribution >= 4 is 61.6 Å². The fraction of sp³-hybridized carbons (Fsp3) is 0.348. The zero-order valence-corrected chi connectivity index (χ0v) is 23.1. The molecule has 0 spiro atoms. The molecule has 2 aliphatic heterocycles. The van der Waals surface area contributed by atoms with Gasteiger partial charge in [0.2, 0.25) is 15.9 Å². The standard InChI is InChI=1S/C23H25N5O7S3/c1-11-4-5-14(38(33,34)25-2)7-12(11)6-13-9-36-21-15(20(30)28(21)19(13)22(31)32)8-17(29)18(27-35-3)16-10-37-23(24)26-16/h4-5,7,10,15,21,25H,6,8-9H2,1-3H3,(H2,24,26)(H,31,32)/b27-18-/t15-,21-/m1/s1. The van der Waals surface area contributed by atoms with Gasteiger partial charge in [0.15, 0.2) is 16.6 Å². The van der Waals surface area contributed by atoms with Crippen LogP contribution in [-0.2, 0) is 35.7 Å². The molecular weight excluding hydrogens is 554 g/mol. The smallest absolute Gasteiger partial charge is 0.352 e. The molecule has 0 aliphatic carbocycles. The Morgan fingerprint density at radius 2 is 2.11 bits per heavy atom. The fourth-order valence-corrected chi connectivity index (χ4v) is 7.07. The lowest BCUT2D eigenvalue weighted by atomic mass is 9.88. The SMILES string of the molecule is CNS(=O)(=O)c1ccc(C)c(CC2=C(C(=O)O)N3C(=O)[C@@H](CC(=O)/C(=N\OC)c4csc(N)n4)[C@H]3SC2)c1. The molecule has 3 heterocycles. The highest BCUT2D eigenvalue weighted by Crippen LogP contribution is 2.46. The molecule has 15 heteroatoms. The predicted molar refractivity (Wildman–Crippen MR) is 142 cm³/mol. The van der Waals surface area contributed by atoms with E-state index in [-0.39, 0.29) is 40.0 Å². The van der Waals surface area contributed by atoms with Crippen molar-refractivity contribution in [2.75, 3.05) is 25.6 Å². The molecule has 2 aromatic rings. The van der Waals surface area contributed by atoms with E-state index in [0.29, 0.717) is 16.9 Å². The van der Waals surface area contributed by atoms with Gasteiger partial charge >= 0.3 is 5.97 Å². The van der Waals surface area contributed by atoms with Gasteiger partial charge in [-0.05, 0) is 49.2 Å². The number of carbonyl (C=O) groups excluding carboxylic acids is 2. The number of ketones is 1. The largest absolute Gasteiger partial charge is 0.477 e. The summed E-state index contributed by atoms with van der Waals surface area (Å²) in [6.45, 7) is 1.80. The minimum absolute atomic E-state index is 0.0610. The van der Waals surface area contributed by atoms with Crippen LogP contribution in [0.1, 0.15) is 23.2 Å². The van der Waals surface area contributed by atoms with Crippen LogP contribution in [0.3, 0.4) is 0 Å². The number of β-lactam (4-membered cyclic amide) rings is 1. The number of benzene rings is 1. The van der Waals surface area contributed by atoms with Gasteiger partial charge in [0.1, 0.15) is 18.5 Å². The van der Waals surface area contributed by atoms with Crippen LogP contribution in [0.4, 0.5) is 5.13 Å². The third kappa shape index (κ3) is 5.18. The lowest BCUT2D eigenvalue weighted by molar-refractivity contribution is -0.153. The predicted octanol–water partition coefficient (Wildman–Crippen LogP) is 1.36. The summed E-state index contributed by atoms with van der Waals surface area (Å²) in [5.41, 5.74) is 7.61. The maximum absolute atomic E-state index is 13.1. The Labute approximate surface area is 227 Å². The molecule has 1 saturated heterocycles. The number of hydrogen-bond donors (Lipinski definition) is 3. The van der Waals surface area contributed by atoms with Crippen LogP contribution in [0.15, 0.2) is 44.9 Å². The lowest BCUT2D eigenvalue weighted by Gasteiger charge is -2.49. The Bertz CT molecular complexity index is 1480. The number of sulfonamides is 1. The van der Waals surface area contributed by atoms with Gasteiger partial charge in [-0.2, -0.15) is 0 Å². The fourth-order valence-electron chi connectivity index (χ4n) is 4.33. The number of thiazole rings is 1. The number of thioether (sulfide) groups is 1. The van der Waals surface area contributed by atoms with Gasteiger partial charge < -0.3 is 15.7 Å². The average Bonchev–Trinajstić information content (AvgIpc) is 3.31. The van der Waals surface area contributed by atoms with Gasteiger partial charge in [-0.3, -0.25) is 14.5 Å². The van der Waals surface area contributed by atoms with Crippen molar-refractivity contribution in [2.45, 2.75) is 30.0 Å². The molecule has 1 amide bonds. The van der Waals surface area contributed by atoms with E-state index >= 15 is 0 Å². The summed E-state index contributed by atoms with van der Waals surface area (Å²) in [4.78, 5) is 48.5. The van der Waals surface area contributed by atoms with E-state index in [2.05, 4.69) is 14.9 Å². The third-order valence-electron chi connectivity index (χ3n) is 6.28. The highest BCUT2D eigenvalue weighted by Gasteiger charge is 2.54. The first-order valence-electron chi connectivity index (χ1n) is 11.3. The number of Topliss-reactive ketones (excluding diaryl/α,β-unsaturated/α-hetero) is 1. The van der Waals surface area contributed by atoms with Crippen LogP contribution in [0, 0.1) is 12.8 Å². The van der Waals surface area contributed by atoms with Crippen LogP contribution in [-0.4, -0.2) is 72.1 Å². The normalized spacial score (nSPS) is 19.7. The second kappa shape index (κ2) is 10.8. The Balaban J connectivity index is 1.58. The van der Waals surface area contributed by atoms with Crippen LogP contribution in [0.2, 0.25) is 0 Å². The summed E-state index contributed by atoms with van der Waals surface area (Å²) in [6.07, 6.45) is -0.0403. The number of nitrogens with two attached hydrogens (primary N) is 1. The molecular formula is C23H25N5O7S3. The zero-order chi connectivity index (χ0) is 27.8. The third-order valence-corrected chi connectivity index (χ3v) is 9.76. The number of hydrogen-bond acceptors (Lipinski definition) is 11. The molecule has 0 bridgehead atoms. The number of carbonyl (C=O) groups is 3. The van der Waals surface area contributed by atoms with Crippen LogP contribution in [0.25, 0.3) is 0 Å². The number of aliphatic carboxylic acids is 1. The van der Waals surface area contributed by atoms with E-state index in [4.69, 9.17) is 10.6 Å². The topological polar surface area (TPSA) is 181 Å². The molecule has 0 saturated carbocycles. The molecule has 0 unspecified atom stereocenters. The zero-order valence-electron chi connectivity index (χ0n) is 20.6. The van der Waals surface area contributed by atoms with Crippen molar-refractivity contribution in [1.82, 2.24) is 14.6 Å². The maximum atomic E-state index is 13.1. The Morgan fingerprint density at radius 1 is 1.37 bits per heavy atom. The van der Waals surface area contributed by atoms with Gasteiger partial charge in [0, 0.05) is 17.6 Å². The minimum atomic E-state index is -3.69. The highest BCUT2D eigenvalue weighted by atomic mass is 32.2.